The Labute approximate surface area is 255 Å². The first-order valence-corrected chi connectivity index (χ1v) is 14.7. The van der Waals surface area contributed by atoms with Crippen molar-refractivity contribution in [1.82, 2.24) is 9.80 Å². The number of benzene rings is 2. The Balaban J connectivity index is 1.69. The number of methoxy groups -OCH3 is 1. The van der Waals surface area contributed by atoms with Gasteiger partial charge in [-0.25, -0.2) is 0 Å². The number of hydrogen-bond acceptors (Lipinski definition) is 10. The minimum atomic E-state index is -2.68. The van der Waals surface area contributed by atoms with E-state index in [0.717, 1.165) is 24.2 Å². The Morgan fingerprint density at radius 1 is 1.07 bits per heavy atom. The van der Waals surface area contributed by atoms with Gasteiger partial charge in [-0.1, -0.05) is 26.0 Å². The first kappa shape index (κ1) is 31.2. The molecule has 2 aromatic carbocycles. The van der Waals surface area contributed by atoms with Crippen molar-refractivity contribution in [2.45, 2.75) is 44.9 Å². The maximum absolute atomic E-state index is 14.1. The average Bonchev–Trinajstić information content (AvgIpc) is 2.97. The third-order valence-electron chi connectivity index (χ3n) is 9.46. The number of fused-ring (bicyclic) bond motifs is 3. The van der Waals surface area contributed by atoms with Crippen molar-refractivity contribution in [2.24, 2.45) is 17.6 Å². The van der Waals surface area contributed by atoms with Gasteiger partial charge in [-0.3, -0.25) is 24.2 Å². The molecule has 0 fully saturated rings. The quantitative estimate of drug-likeness (QED) is 0.282. The van der Waals surface area contributed by atoms with Crippen LogP contribution in [-0.2, 0) is 22.6 Å². The molecule has 1 unspecified atom stereocenters. The molecule has 4 atom stereocenters. The zero-order valence-electron chi connectivity index (χ0n) is 25.5. The molecule has 0 saturated carbocycles. The molecule has 1 amide bonds. The smallest absolute Gasteiger partial charge is 0.255 e. The number of likely N-dealkylation sites (N-methyl/N-ethyl adjacent to an activating group) is 1. The highest BCUT2D eigenvalue weighted by Crippen LogP contribution is 2.53. The topological polar surface area (TPSA) is 174 Å². The molecule has 234 valence electrons. The number of phenolic OH excluding ortho intramolecular Hbond substituents is 1. The molecule has 11 nitrogen and oxygen atoms in total. The Morgan fingerprint density at radius 3 is 2.34 bits per heavy atom. The maximum Gasteiger partial charge on any atom is 0.255 e. The first-order chi connectivity index (χ1) is 20.8. The molecule has 0 bridgehead atoms. The van der Waals surface area contributed by atoms with E-state index in [2.05, 4.69) is 18.7 Å². The van der Waals surface area contributed by atoms with E-state index in [-0.39, 0.29) is 29.7 Å². The molecule has 11 heteroatoms. The highest BCUT2D eigenvalue weighted by Gasteiger charge is 2.63. The van der Waals surface area contributed by atoms with E-state index in [1.54, 1.807) is 27.3 Å². The average molecular weight is 606 g/mol. The van der Waals surface area contributed by atoms with Gasteiger partial charge in [0.15, 0.2) is 11.4 Å². The fraction of sp³-hybridized carbons (Fsp3) is 0.424. The zero-order chi connectivity index (χ0) is 32.2. The summed E-state index contributed by atoms with van der Waals surface area (Å²) in [5.41, 5.74) is 4.65. The van der Waals surface area contributed by atoms with Crippen molar-refractivity contribution in [3.63, 3.8) is 0 Å². The van der Waals surface area contributed by atoms with Crippen LogP contribution in [0, 0.1) is 11.8 Å². The van der Waals surface area contributed by atoms with E-state index in [0.29, 0.717) is 23.4 Å². The number of Topliss-reactive ketones (excluding diaryl/α,β-unsaturated/α-hetero) is 2. The number of phenols is 1. The van der Waals surface area contributed by atoms with Crippen LogP contribution >= 0.6 is 0 Å². The van der Waals surface area contributed by atoms with Gasteiger partial charge in [0, 0.05) is 23.6 Å². The van der Waals surface area contributed by atoms with E-state index in [9.17, 15) is 34.8 Å². The van der Waals surface area contributed by atoms with Crippen molar-refractivity contribution < 1.29 is 39.5 Å². The number of rotatable bonds is 8. The summed E-state index contributed by atoms with van der Waals surface area (Å²) in [6, 6.07) is 7.95. The molecule has 0 saturated heterocycles. The Bertz CT molecular complexity index is 1620. The maximum atomic E-state index is 14.1. The van der Waals surface area contributed by atoms with Gasteiger partial charge in [0.2, 0.25) is 5.78 Å². The molecule has 5 rings (SSSR count). The number of aliphatic hydroxyl groups is 3. The number of nitrogens with two attached hydrogens (primary N) is 1. The summed E-state index contributed by atoms with van der Waals surface area (Å²) in [6.45, 7) is 6.63. The lowest BCUT2D eigenvalue weighted by Crippen LogP contribution is -2.63. The third-order valence-corrected chi connectivity index (χ3v) is 9.46. The van der Waals surface area contributed by atoms with Crippen molar-refractivity contribution in [3.05, 3.63) is 69.7 Å². The molecule has 0 aliphatic heterocycles. The van der Waals surface area contributed by atoms with E-state index in [1.165, 1.54) is 11.0 Å². The van der Waals surface area contributed by atoms with E-state index in [4.69, 9.17) is 10.5 Å². The lowest BCUT2D eigenvalue weighted by molar-refractivity contribution is -0.148. The second kappa shape index (κ2) is 11.4. The molecule has 3 aliphatic rings. The van der Waals surface area contributed by atoms with Crippen molar-refractivity contribution >= 4 is 17.5 Å². The van der Waals surface area contributed by atoms with Crippen LogP contribution in [0.25, 0.3) is 11.1 Å². The lowest BCUT2D eigenvalue weighted by Gasteiger charge is -2.50. The number of ketones is 2. The van der Waals surface area contributed by atoms with Crippen LogP contribution in [0.15, 0.2) is 53.0 Å². The number of ether oxygens (including phenoxy) is 1. The highest BCUT2D eigenvalue weighted by atomic mass is 16.5. The van der Waals surface area contributed by atoms with Gasteiger partial charge in [-0.15, -0.1) is 0 Å². The largest absolute Gasteiger partial charge is 0.510 e. The van der Waals surface area contributed by atoms with E-state index < -0.39 is 58.0 Å². The van der Waals surface area contributed by atoms with Gasteiger partial charge in [0.1, 0.15) is 28.6 Å². The molecular formula is C33H39N3O8. The predicted octanol–water partition coefficient (Wildman–Crippen LogP) is 2.64. The number of carbonyl (C=O) groups excluding carboxylic acids is 3. The predicted molar refractivity (Wildman–Crippen MR) is 162 cm³/mol. The fourth-order valence-corrected chi connectivity index (χ4v) is 7.27. The van der Waals surface area contributed by atoms with Gasteiger partial charge < -0.3 is 30.9 Å². The Kier molecular flexibility index (Phi) is 8.08. The normalized spacial score (nSPS) is 24.9. The van der Waals surface area contributed by atoms with Crippen LogP contribution < -0.4 is 10.5 Å². The van der Waals surface area contributed by atoms with Crippen LogP contribution in [0.5, 0.6) is 11.5 Å². The summed E-state index contributed by atoms with van der Waals surface area (Å²) < 4.78 is 5.70. The first-order valence-electron chi connectivity index (χ1n) is 14.7. The number of aromatic hydroxyl groups is 1. The second-order valence-corrected chi connectivity index (χ2v) is 11.9. The Hall–Kier alpha value is -4.19. The number of carbonyl (C=O) groups is 3. The second-order valence-electron chi connectivity index (χ2n) is 11.9. The number of aliphatic hydroxyl groups excluding tert-OH is 2. The summed E-state index contributed by atoms with van der Waals surface area (Å²) in [5, 5.41) is 45.3. The van der Waals surface area contributed by atoms with Crippen LogP contribution in [0.4, 0.5) is 0 Å². The summed E-state index contributed by atoms with van der Waals surface area (Å²) in [6.07, 6.45) is 0.196. The summed E-state index contributed by atoms with van der Waals surface area (Å²) in [4.78, 5) is 43.6. The molecule has 44 heavy (non-hydrogen) atoms. The molecule has 0 aromatic heterocycles. The molecule has 0 heterocycles. The molecule has 0 radical (unpaired) electrons. The minimum Gasteiger partial charge on any atom is -0.510 e. The standard InChI is InChI=1S/C33H39N3O8/c1-6-36(7-2)15-16-8-11-23(44-5)19(12-16)18-9-10-22(37)25-20(18)13-17-14-21-27(35(3)4)29(39)26(32(34)42)31(41)33(21,43)30(40)24(17)28(25)38/h8-12,17,21,27,37,39-40,43H,6-7,13-15H2,1-5H3,(H2,34,42)/t17-,21+,27?,33-/m0/s1. The monoisotopic (exact) mass is 605 g/mol. The number of nitrogens with zero attached hydrogens (tertiary/aromatic N) is 2. The minimum absolute atomic E-state index is 0.0139. The van der Waals surface area contributed by atoms with Crippen molar-refractivity contribution in [1.29, 1.82) is 0 Å². The molecular weight excluding hydrogens is 566 g/mol. The fourth-order valence-electron chi connectivity index (χ4n) is 7.27. The van der Waals surface area contributed by atoms with Gasteiger partial charge in [0.25, 0.3) is 5.91 Å². The highest BCUT2D eigenvalue weighted by molar-refractivity contribution is 6.25. The number of allylic oxidation sites excluding steroid dienone is 1. The number of primary amides is 1. The van der Waals surface area contributed by atoms with Gasteiger partial charge in [0.05, 0.1) is 18.7 Å². The lowest BCUT2D eigenvalue weighted by atomic mass is 9.58. The molecule has 3 aliphatic carbocycles. The summed E-state index contributed by atoms with van der Waals surface area (Å²) in [7, 11) is 4.76. The van der Waals surface area contributed by atoms with Gasteiger partial charge in [-0.05, 0) is 80.8 Å². The molecule has 2 aromatic rings. The van der Waals surface area contributed by atoms with Crippen LogP contribution in [-0.4, -0.2) is 93.6 Å². The van der Waals surface area contributed by atoms with E-state index >= 15 is 0 Å². The SMILES string of the molecule is CCN(CC)Cc1ccc(OC)c(-c2ccc(O)c3c2C[C@H]2C[C@@H]4C(N(C)C)C(O)=C(C(N)=O)C(=O)[C@@]4(O)C(O)=C2C3=O)c1. The molecule has 0 spiro atoms. The van der Waals surface area contributed by atoms with Crippen LogP contribution in [0.1, 0.15) is 41.8 Å². The van der Waals surface area contributed by atoms with E-state index in [1.807, 2.05) is 18.2 Å². The molecule has 6 N–H and O–H groups in total. The van der Waals surface area contributed by atoms with Crippen molar-refractivity contribution in [3.8, 4) is 22.6 Å². The summed E-state index contributed by atoms with van der Waals surface area (Å²) >= 11 is 0. The van der Waals surface area contributed by atoms with Gasteiger partial charge in [-0.2, -0.15) is 0 Å². The van der Waals surface area contributed by atoms with Gasteiger partial charge >= 0.3 is 0 Å². The van der Waals surface area contributed by atoms with Crippen LogP contribution in [0.3, 0.4) is 0 Å². The third kappa shape index (κ3) is 4.58. The zero-order valence-corrected chi connectivity index (χ0v) is 25.5. The number of hydrogen-bond donors (Lipinski definition) is 5. The van der Waals surface area contributed by atoms with Crippen molar-refractivity contribution in [2.75, 3.05) is 34.3 Å². The Morgan fingerprint density at radius 2 is 1.75 bits per heavy atom. The number of amides is 1. The van der Waals surface area contributed by atoms with Crippen LogP contribution in [0.2, 0.25) is 0 Å². The summed E-state index contributed by atoms with van der Waals surface area (Å²) in [5.74, 6) is -6.24.